The van der Waals surface area contributed by atoms with Crippen LogP contribution in [0.4, 0.5) is 17.1 Å². The summed E-state index contributed by atoms with van der Waals surface area (Å²) in [5.74, 6) is -0.598. The predicted molar refractivity (Wildman–Crippen MR) is 109 cm³/mol. The number of nitro groups is 2. The van der Waals surface area contributed by atoms with Crippen molar-refractivity contribution in [2.24, 2.45) is 0 Å². The van der Waals surface area contributed by atoms with E-state index in [0.29, 0.717) is 5.56 Å². The number of benzene rings is 2. The molecule has 1 heterocycles. The summed E-state index contributed by atoms with van der Waals surface area (Å²) < 4.78 is 1.23. The first-order chi connectivity index (χ1) is 14.2. The molecule has 0 aliphatic rings. The number of halogens is 1. The quantitative estimate of drug-likeness (QED) is 0.470. The first-order valence-electron chi connectivity index (χ1n) is 8.44. The van der Waals surface area contributed by atoms with Crippen molar-refractivity contribution in [1.29, 1.82) is 0 Å². The number of nitrogens with one attached hydrogen (secondary N) is 1. The van der Waals surface area contributed by atoms with Gasteiger partial charge in [0.1, 0.15) is 5.02 Å². The maximum atomic E-state index is 12.5. The minimum Gasteiger partial charge on any atom is -0.322 e. The maximum absolute atomic E-state index is 12.5. The van der Waals surface area contributed by atoms with Crippen molar-refractivity contribution in [3.8, 4) is 0 Å². The number of hydrogen-bond acceptors (Lipinski definition) is 6. The monoisotopic (exact) mass is 428 g/mol. The zero-order valence-electron chi connectivity index (χ0n) is 15.1. The molecule has 1 aromatic heterocycles. The molecule has 0 saturated carbocycles. The third-order valence-electron chi connectivity index (χ3n) is 4.12. The van der Waals surface area contributed by atoms with Crippen LogP contribution in [0.1, 0.15) is 15.9 Å². The molecule has 1 N–H and O–H groups in total. The molecule has 0 aliphatic heterocycles. The zero-order valence-corrected chi connectivity index (χ0v) is 15.9. The molecule has 3 aromatic rings. The van der Waals surface area contributed by atoms with E-state index in [4.69, 9.17) is 11.6 Å². The SMILES string of the molecule is O=C(Nc1ccc(Cl)c([N+](=O)[O-])c1)c1ccc(=O)n(Cc2cccc([N+](=O)[O-])c2)c1. The number of nitrogens with zero attached hydrogens (tertiary/aromatic N) is 3. The molecular weight excluding hydrogens is 416 g/mol. The van der Waals surface area contributed by atoms with Crippen LogP contribution in [-0.2, 0) is 6.54 Å². The standard InChI is InChI=1S/C19H13ClN4O6/c20-16-6-5-14(9-17(16)24(29)30)21-19(26)13-4-7-18(25)22(11-13)10-12-2-1-3-15(8-12)23(27)28/h1-9,11H,10H2,(H,21,26). The highest BCUT2D eigenvalue weighted by atomic mass is 35.5. The van der Waals surface area contributed by atoms with Crippen molar-refractivity contribution in [1.82, 2.24) is 4.57 Å². The number of carbonyl (C=O) groups is 1. The molecule has 30 heavy (non-hydrogen) atoms. The summed E-state index contributed by atoms with van der Waals surface area (Å²) in [7, 11) is 0. The van der Waals surface area contributed by atoms with Crippen molar-refractivity contribution in [2.75, 3.05) is 5.32 Å². The van der Waals surface area contributed by atoms with Gasteiger partial charge in [0.2, 0.25) is 0 Å². The summed E-state index contributed by atoms with van der Waals surface area (Å²) in [6.07, 6.45) is 1.31. The highest BCUT2D eigenvalue weighted by Crippen LogP contribution is 2.27. The van der Waals surface area contributed by atoms with E-state index in [0.717, 1.165) is 6.07 Å². The second kappa shape index (κ2) is 8.53. The molecule has 0 radical (unpaired) electrons. The molecule has 2 aromatic carbocycles. The van der Waals surface area contributed by atoms with Gasteiger partial charge in [0.25, 0.3) is 22.8 Å². The largest absolute Gasteiger partial charge is 0.322 e. The number of carbonyl (C=O) groups excluding carboxylic acids is 1. The molecule has 0 saturated heterocycles. The second-order valence-corrected chi connectivity index (χ2v) is 6.60. The lowest BCUT2D eigenvalue weighted by molar-refractivity contribution is -0.385. The van der Waals surface area contributed by atoms with Crippen molar-refractivity contribution < 1.29 is 14.6 Å². The van der Waals surface area contributed by atoms with Crippen LogP contribution in [0, 0.1) is 20.2 Å². The zero-order chi connectivity index (χ0) is 21.8. The van der Waals surface area contributed by atoms with E-state index in [-0.39, 0.29) is 34.2 Å². The van der Waals surface area contributed by atoms with E-state index in [9.17, 15) is 29.8 Å². The number of hydrogen-bond donors (Lipinski definition) is 1. The molecule has 0 atom stereocenters. The molecule has 1 amide bonds. The van der Waals surface area contributed by atoms with Crippen LogP contribution >= 0.6 is 11.6 Å². The van der Waals surface area contributed by atoms with Crippen LogP contribution in [0.5, 0.6) is 0 Å². The summed E-state index contributed by atoms with van der Waals surface area (Å²) >= 11 is 5.76. The van der Waals surface area contributed by atoms with E-state index in [1.807, 2.05) is 0 Å². The topological polar surface area (TPSA) is 137 Å². The average Bonchev–Trinajstić information content (AvgIpc) is 2.71. The normalized spacial score (nSPS) is 10.4. The molecule has 152 valence electrons. The Hall–Kier alpha value is -4.05. The van der Waals surface area contributed by atoms with Crippen molar-refractivity contribution in [2.45, 2.75) is 6.54 Å². The Balaban J connectivity index is 1.84. The molecule has 10 nitrogen and oxygen atoms in total. The number of aromatic nitrogens is 1. The van der Waals surface area contributed by atoms with Gasteiger partial charge in [-0.2, -0.15) is 0 Å². The highest BCUT2D eigenvalue weighted by Gasteiger charge is 2.15. The van der Waals surface area contributed by atoms with Gasteiger partial charge in [-0.25, -0.2) is 0 Å². The van der Waals surface area contributed by atoms with Crippen molar-refractivity contribution in [3.63, 3.8) is 0 Å². The predicted octanol–water partition coefficient (Wildman–Crippen LogP) is 3.62. The molecule has 11 heteroatoms. The molecule has 3 rings (SSSR count). The van der Waals surface area contributed by atoms with Gasteiger partial charge < -0.3 is 9.88 Å². The Bertz CT molecular complexity index is 1220. The minimum absolute atomic E-state index is 0.0219. The number of nitro benzene ring substituents is 2. The van der Waals surface area contributed by atoms with Crippen molar-refractivity contribution >= 4 is 34.6 Å². The first kappa shape index (κ1) is 20.7. The van der Waals surface area contributed by atoms with E-state index >= 15 is 0 Å². The van der Waals surface area contributed by atoms with Crippen LogP contribution in [-0.4, -0.2) is 20.3 Å². The summed E-state index contributed by atoms with van der Waals surface area (Å²) in [5, 5.41) is 24.3. The average molecular weight is 429 g/mol. The third kappa shape index (κ3) is 4.67. The second-order valence-electron chi connectivity index (χ2n) is 6.19. The number of anilines is 1. The molecule has 0 spiro atoms. The van der Waals surface area contributed by atoms with Crippen LogP contribution in [0.25, 0.3) is 0 Å². The highest BCUT2D eigenvalue weighted by molar-refractivity contribution is 6.32. The fraction of sp³-hybridized carbons (Fsp3) is 0.0526. The van der Waals surface area contributed by atoms with Crippen LogP contribution < -0.4 is 10.9 Å². The lowest BCUT2D eigenvalue weighted by atomic mass is 10.2. The van der Waals surface area contributed by atoms with Crippen molar-refractivity contribution in [3.05, 3.63) is 108 Å². The fourth-order valence-corrected chi connectivity index (χ4v) is 2.87. The number of pyridine rings is 1. The minimum atomic E-state index is -0.669. The van der Waals surface area contributed by atoms with Crippen LogP contribution in [0.3, 0.4) is 0 Å². The van der Waals surface area contributed by atoms with Gasteiger partial charge in [0, 0.05) is 36.1 Å². The Labute approximate surface area is 173 Å². The molecule has 0 unspecified atom stereocenters. The van der Waals surface area contributed by atoms with Gasteiger partial charge in [0.05, 0.1) is 22.0 Å². The Morgan fingerprint density at radius 2 is 1.80 bits per heavy atom. The lowest BCUT2D eigenvalue weighted by Gasteiger charge is -2.09. The first-order valence-corrected chi connectivity index (χ1v) is 8.81. The lowest BCUT2D eigenvalue weighted by Crippen LogP contribution is -2.22. The van der Waals surface area contributed by atoms with Gasteiger partial charge in [-0.3, -0.25) is 29.8 Å². The Morgan fingerprint density at radius 3 is 2.50 bits per heavy atom. The summed E-state index contributed by atoms with van der Waals surface area (Å²) in [6, 6.07) is 12.1. The van der Waals surface area contributed by atoms with Gasteiger partial charge >= 0.3 is 0 Å². The van der Waals surface area contributed by atoms with E-state index < -0.39 is 21.3 Å². The third-order valence-corrected chi connectivity index (χ3v) is 4.44. The van der Waals surface area contributed by atoms with Gasteiger partial charge in [0.15, 0.2) is 0 Å². The summed E-state index contributed by atoms with van der Waals surface area (Å²) in [6.45, 7) is 0.0219. The van der Waals surface area contributed by atoms with E-state index in [1.54, 1.807) is 6.07 Å². The van der Waals surface area contributed by atoms with Gasteiger partial charge in [-0.05, 0) is 23.8 Å². The maximum Gasteiger partial charge on any atom is 0.289 e. The molecule has 0 bridgehead atoms. The summed E-state index contributed by atoms with van der Waals surface area (Å²) in [4.78, 5) is 45.3. The number of rotatable bonds is 6. The Morgan fingerprint density at radius 1 is 1.03 bits per heavy atom. The van der Waals surface area contributed by atoms with Gasteiger partial charge in [-0.15, -0.1) is 0 Å². The molecule has 0 aliphatic carbocycles. The smallest absolute Gasteiger partial charge is 0.289 e. The van der Waals surface area contributed by atoms with Gasteiger partial charge in [-0.1, -0.05) is 23.7 Å². The van der Waals surface area contributed by atoms with E-state index in [2.05, 4.69) is 5.32 Å². The molecular formula is C19H13ClN4O6. The van der Waals surface area contributed by atoms with Crippen LogP contribution in [0.15, 0.2) is 65.6 Å². The molecule has 0 fully saturated rings. The van der Waals surface area contributed by atoms with E-state index in [1.165, 1.54) is 53.2 Å². The Kier molecular flexibility index (Phi) is 5.88. The number of non-ortho nitro benzene ring substituents is 1. The number of amides is 1. The fourth-order valence-electron chi connectivity index (χ4n) is 2.69. The van der Waals surface area contributed by atoms with Crippen LogP contribution in [0.2, 0.25) is 5.02 Å². The summed E-state index contributed by atoms with van der Waals surface area (Å²) in [5.41, 5.74) is -0.0774.